The Morgan fingerprint density at radius 1 is 1.20 bits per heavy atom. The van der Waals surface area contributed by atoms with Gasteiger partial charge in [0.15, 0.2) is 0 Å². The molecule has 0 aromatic carbocycles. The zero-order chi connectivity index (χ0) is 14.6. The molecule has 1 saturated heterocycles. The van der Waals surface area contributed by atoms with Gasteiger partial charge < -0.3 is 10.0 Å². The molecule has 116 valence electrons. The van der Waals surface area contributed by atoms with E-state index in [0.29, 0.717) is 0 Å². The summed E-state index contributed by atoms with van der Waals surface area (Å²) >= 11 is 0. The van der Waals surface area contributed by atoms with Gasteiger partial charge >= 0.3 is 5.97 Å². The summed E-state index contributed by atoms with van der Waals surface area (Å²) in [4.78, 5) is 16.6. The van der Waals surface area contributed by atoms with Gasteiger partial charge in [-0.2, -0.15) is 0 Å². The highest BCUT2D eigenvalue weighted by atomic mass is 16.4. The number of carbonyl (C=O) groups is 1. The smallest absolute Gasteiger partial charge is 0.324 e. The van der Waals surface area contributed by atoms with Crippen molar-refractivity contribution in [3.63, 3.8) is 0 Å². The average molecular weight is 282 g/mol. The number of piperazine rings is 1. The average Bonchev–Trinajstić information content (AvgIpc) is 2.64. The molecule has 4 nitrogen and oxygen atoms in total. The van der Waals surface area contributed by atoms with Gasteiger partial charge in [0.2, 0.25) is 0 Å². The summed E-state index contributed by atoms with van der Waals surface area (Å²) in [6.07, 6.45) is 7.55. The van der Waals surface area contributed by atoms with Crippen molar-refractivity contribution in [1.82, 2.24) is 9.80 Å². The van der Waals surface area contributed by atoms with Crippen molar-refractivity contribution in [3.05, 3.63) is 0 Å². The minimum absolute atomic E-state index is 0.580. The molecule has 2 unspecified atom stereocenters. The van der Waals surface area contributed by atoms with Gasteiger partial charge in [-0.3, -0.25) is 9.69 Å². The fraction of sp³-hybridized carbons (Fsp3) is 0.938. The highest BCUT2D eigenvalue weighted by Crippen LogP contribution is 2.37. The van der Waals surface area contributed by atoms with Crippen molar-refractivity contribution < 1.29 is 9.90 Å². The van der Waals surface area contributed by atoms with Gasteiger partial charge in [-0.15, -0.1) is 0 Å². The zero-order valence-electron chi connectivity index (χ0n) is 13.1. The van der Waals surface area contributed by atoms with Crippen LogP contribution >= 0.6 is 0 Å². The second-order valence-electron chi connectivity index (χ2n) is 6.71. The van der Waals surface area contributed by atoms with Crippen LogP contribution in [-0.2, 0) is 4.79 Å². The molecule has 2 rings (SSSR count). The molecule has 1 saturated carbocycles. The standard InChI is InChI=1S/C16H30N2O2/c1-3-5-14-6-4-8-16(9-7-14,15(19)20)18-12-10-17(2)11-13-18/h14H,3-13H2,1-2H3,(H,19,20). The molecule has 20 heavy (non-hydrogen) atoms. The summed E-state index contributed by atoms with van der Waals surface area (Å²) in [5.41, 5.74) is -0.580. The number of hydrogen-bond acceptors (Lipinski definition) is 3. The predicted octanol–water partition coefficient (Wildman–Crippen LogP) is 2.44. The summed E-state index contributed by atoms with van der Waals surface area (Å²) in [5.74, 6) is 0.160. The molecular weight excluding hydrogens is 252 g/mol. The third kappa shape index (κ3) is 3.34. The third-order valence-corrected chi connectivity index (χ3v) is 5.37. The number of rotatable bonds is 4. The van der Waals surface area contributed by atoms with E-state index in [-0.39, 0.29) is 0 Å². The number of hydrogen-bond donors (Lipinski definition) is 1. The molecular formula is C16H30N2O2. The van der Waals surface area contributed by atoms with Crippen LogP contribution in [-0.4, -0.2) is 59.6 Å². The molecule has 0 amide bonds. The number of likely N-dealkylation sites (N-methyl/N-ethyl adjacent to an activating group) is 1. The van der Waals surface area contributed by atoms with E-state index in [0.717, 1.165) is 57.8 Å². The highest BCUT2D eigenvalue weighted by molar-refractivity contribution is 5.78. The van der Waals surface area contributed by atoms with Crippen LogP contribution < -0.4 is 0 Å². The fourth-order valence-corrected chi connectivity index (χ4v) is 3.99. The monoisotopic (exact) mass is 282 g/mol. The number of nitrogens with zero attached hydrogens (tertiary/aromatic N) is 2. The molecule has 0 spiro atoms. The summed E-state index contributed by atoms with van der Waals surface area (Å²) in [7, 11) is 2.12. The first-order valence-electron chi connectivity index (χ1n) is 8.25. The van der Waals surface area contributed by atoms with Crippen molar-refractivity contribution in [2.45, 2.75) is 57.4 Å². The summed E-state index contributed by atoms with van der Waals surface area (Å²) < 4.78 is 0. The number of carboxylic acids is 1. The summed E-state index contributed by atoms with van der Waals surface area (Å²) in [5, 5.41) is 9.89. The Hall–Kier alpha value is -0.610. The van der Waals surface area contributed by atoms with Gasteiger partial charge in [-0.1, -0.05) is 32.6 Å². The second-order valence-corrected chi connectivity index (χ2v) is 6.71. The lowest BCUT2D eigenvalue weighted by atomic mass is 9.86. The minimum atomic E-state index is -0.584. The molecule has 1 aliphatic heterocycles. The number of carboxylic acid groups (broad SMARTS) is 1. The Labute approximate surface area is 123 Å². The van der Waals surface area contributed by atoms with Crippen LogP contribution in [0.1, 0.15) is 51.9 Å². The molecule has 4 heteroatoms. The zero-order valence-corrected chi connectivity index (χ0v) is 13.1. The van der Waals surface area contributed by atoms with E-state index in [1.165, 1.54) is 19.3 Å². The van der Waals surface area contributed by atoms with Crippen LogP contribution in [0.5, 0.6) is 0 Å². The largest absolute Gasteiger partial charge is 0.480 e. The van der Waals surface area contributed by atoms with Gasteiger partial charge in [-0.05, 0) is 32.2 Å². The van der Waals surface area contributed by atoms with E-state index < -0.39 is 11.5 Å². The first-order valence-corrected chi connectivity index (χ1v) is 8.25. The van der Waals surface area contributed by atoms with E-state index >= 15 is 0 Å². The Morgan fingerprint density at radius 2 is 1.90 bits per heavy atom. The lowest BCUT2D eigenvalue weighted by molar-refractivity contribution is -0.154. The van der Waals surface area contributed by atoms with Gasteiger partial charge in [-0.25, -0.2) is 0 Å². The third-order valence-electron chi connectivity index (χ3n) is 5.37. The van der Waals surface area contributed by atoms with E-state index in [9.17, 15) is 9.90 Å². The maximum absolute atomic E-state index is 12.0. The molecule has 1 N–H and O–H groups in total. The molecule has 0 bridgehead atoms. The SMILES string of the molecule is CCCC1CCCC(C(=O)O)(N2CCN(C)CC2)CC1. The van der Waals surface area contributed by atoms with Gasteiger partial charge in [0.1, 0.15) is 5.54 Å². The normalized spacial score (nSPS) is 33.8. The van der Waals surface area contributed by atoms with Crippen molar-refractivity contribution >= 4 is 5.97 Å². The molecule has 0 radical (unpaired) electrons. The van der Waals surface area contributed by atoms with Crippen LogP contribution in [0.25, 0.3) is 0 Å². The maximum atomic E-state index is 12.0. The van der Waals surface area contributed by atoms with Gasteiger partial charge in [0.05, 0.1) is 0 Å². The maximum Gasteiger partial charge on any atom is 0.324 e. The lowest BCUT2D eigenvalue weighted by Gasteiger charge is -2.44. The van der Waals surface area contributed by atoms with Crippen molar-refractivity contribution in [2.75, 3.05) is 33.2 Å². The minimum Gasteiger partial charge on any atom is -0.480 e. The molecule has 0 aromatic heterocycles. The van der Waals surface area contributed by atoms with E-state index in [1.54, 1.807) is 0 Å². The first kappa shape index (κ1) is 15.8. The second kappa shape index (κ2) is 6.90. The topological polar surface area (TPSA) is 43.8 Å². The fourth-order valence-electron chi connectivity index (χ4n) is 3.99. The molecule has 2 atom stereocenters. The van der Waals surface area contributed by atoms with Crippen molar-refractivity contribution in [2.24, 2.45) is 5.92 Å². The molecule has 0 aromatic rings. The van der Waals surface area contributed by atoms with Crippen LogP contribution in [0.3, 0.4) is 0 Å². The van der Waals surface area contributed by atoms with Gasteiger partial charge in [0, 0.05) is 26.2 Å². The highest BCUT2D eigenvalue weighted by Gasteiger charge is 2.45. The van der Waals surface area contributed by atoms with Crippen LogP contribution in [0.2, 0.25) is 0 Å². The Morgan fingerprint density at radius 3 is 2.50 bits per heavy atom. The quantitative estimate of drug-likeness (QED) is 0.804. The first-order chi connectivity index (χ1) is 9.58. The molecule has 2 aliphatic rings. The van der Waals surface area contributed by atoms with Crippen LogP contribution in [0.4, 0.5) is 0 Å². The van der Waals surface area contributed by atoms with Gasteiger partial charge in [0.25, 0.3) is 0 Å². The molecule has 1 heterocycles. The predicted molar refractivity (Wildman–Crippen MR) is 80.9 cm³/mol. The molecule has 1 aliphatic carbocycles. The van der Waals surface area contributed by atoms with Crippen molar-refractivity contribution in [1.29, 1.82) is 0 Å². The Kier molecular flexibility index (Phi) is 5.44. The Balaban J connectivity index is 2.07. The van der Waals surface area contributed by atoms with E-state index in [1.807, 2.05) is 0 Å². The Bertz CT molecular complexity index is 326. The van der Waals surface area contributed by atoms with Crippen molar-refractivity contribution in [3.8, 4) is 0 Å². The lowest BCUT2D eigenvalue weighted by Crippen LogP contribution is -2.60. The van der Waals surface area contributed by atoms with Crippen LogP contribution in [0.15, 0.2) is 0 Å². The summed E-state index contributed by atoms with van der Waals surface area (Å²) in [6, 6.07) is 0. The van der Waals surface area contributed by atoms with E-state index in [2.05, 4.69) is 23.8 Å². The van der Waals surface area contributed by atoms with Crippen LogP contribution in [0, 0.1) is 5.92 Å². The molecule has 2 fully saturated rings. The van der Waals surface area contributed by atoms with E-state index in [4.69, 9.17) is 0 Å². The number of aliphatic carboxylic acids is 1. The summed E-state index contributed by atoms with van der Waals surface area (Å²) in [6.45, 7) is 6.03.